The zero-order chi connectivity index (χ0) is 16.6. The zero-order valence-corrected chi connectivity index (χ0v) is 13.8. The molecule has 0 fully saturated rings. The van der Waals surface area contributed by atoms with Gasteiger partial charge < -0.3 is 0 Å². The summed E-state index contributed by atoms with van der Waals surface area (Å²) in [6.45, 7) is 0. The minimum atomic E-state index is -3.68. The Balaban J connectivity index is 1.62. The lowest BCUT2D eigenvalue weighted by atomic mass is 10.3. The van der Waals surface area contributed by atoms with Gasteiger partial charge in [0.25, 0.3) is 10.0 Å². The van der Waals surface area contributed by atoms with Gasteiger partial charge in [-0.05, 0) is 48.5 Å². The average Bonchev–Trinajstić information content (AvgIpc) is 3.26. The molecule has 0 aliphatic rings. The van der Waals surface area contributed by atoms with Gasteiger partial charge in [0.2, 0.25) is 0 Å². The van der Waals surface area contributed by atoms with Gasteiger partial charge in [0.05, 0.1) is 28.0 Å². The molecule has 0 saturated carbocycles. The number of hydrogen-bond donors (Lipinski definition) is 1. The van der Waals surface area contributed by atoms with E-state index in [1.165, 1.54) is 0 Å². The number of anilines is 1. The molecular formula is C15H11N5O2S2. The van der Waals surface area contributed by atoms with Crippen molar-refractivity contribution < 1.29 is 8.42 Å². The topological polar surface area (TPSA) is 89.8 Å². The van der Waals surface area contributed by atoms with E-state index >= 15 is 0 Å². The summed E-state index contributed by atoms with van der Waals surface area (Å²) in [6, 6.07) is 13.4. The van der Waals surface area contributed by atoms with E-state index in [9.17, 15) is 8.42 Å². The van der Waals surface area contributed by atoms with Crippen molar-refractivity contribution in [2.24, 2.45) is 0 Å². The summed E-state index contributed by atoms with van der Waals surface area (Å²) >= 11 is 1.09. The first-order valence-corrected chi connectivity index (χ1v) is 9.18. The molecule has 0 bridgehead atoms. The Bertz CT molecular complexity index is 1090. The van der Waals surface area contributed by atoms with Crippen molar-refractivity contribution in [2.45, 2.75) is 4.90 Å². The highest BCUT2D eigenvalue weighted by molar-refractivity contribution is 7.92. The molecule has 4 rings (SSSR count). The molecule has 0 aliphatic heterocycles. The second-order valence-corrected chi connectivity index (χ2v) is 7.23. The van der Waals surface area contributed by atoms with Gasteiger partial charge in [0, 0.05) is 12.4 Å². The van der Waals surface area contributed by atoms with Crippen molar-refractivity contribution in [3.05, 3.63) is 60.9 Å². The SMILES string of the molecule is O=S(=O)(Nc1ccc2nsnc2c1)c1ccc(-n2cccn2)cc1. The predicted molar refractivity (Wildman–Crippen MR) is 91.8 cm³/mol. The van der Waals surface area contributed by atoms with E-state index in [0.29, 0.717) is 11.2 Å². The Morgan fingerprint density at radius 1 is 1.00 bits per heavy atom. The fourth-order valence-electron chi connectivity index (χ4n) is 2.26. The third kappa shape index (κ3) is 2.74. The lowest BCUT2D eigenvalue weighted by Crippen LogP contribution is -2.13. The maximum Gasteiger partial charge on any atom is 0.261 e. The van der Waals surface area contributed by atoms with Crippen molar-refractivity contribution in [2.75, 3.05) is 4.72 Å². The van der Waals surface area contributed by atoms with Crippen molar-refractivity contribution >= 4 is 38.5 Å². The maximum atomic E-state index is 12.5. The monoisotopic (exact) mass is 357 g/mol. The van der Waals surface area contributed by atoms with Crippen LogP contribution in [0, 0.1) is 0 Å². The highest BCUT2D eigenvalue weighted by atomic mass is 32.2. The molecule has 2 aromatic heterocycles. The van der Waals surface area contributed by atoms with Crippen LogP contribution in [-0.4, -0.2) is 26.9 Å². The number of nitrogens with one attached hydrogen (secondary N) is 1. The normalized spacial score (nSPS) is 11.7. The van der Waals surface area contributed by atoms with Gasteiger partial charge in [-0.2, -0.15) is 13.8 Å². The molecule has 0 amide bonds. The molecule has 0 unspecified atom stereocenters. The van der Waals surface area contributed by atoms with Crippen LogP contribution in [0.5, 0.6) is 0 Å². The average molecular weight is 357 g/mol. The molecule has 4 aromatic rings. The van der Waals surface area contributed by atoms with Crippen molar-refractivity contribution in [3.8, 4) is 5.69 Å². The second-order valence-electron chi connectivity index (χ2n) is 5.02. The highest BCUT2D eigenvalue weighted by Crippen LogP contribution is 2.21. The summed E-state index contributed by atoms with van der Waals surface area (Å²) in [4.78, 5) is 0.176. The maximum absolute atomic E-state index is 12.5. The van der Waals surface area contributed by atoms with Crippen LogP contribution >= 0.6 is 11.7 Å². The van der Waals surface area contributed by atoms with Crippen LogP contribution in [0.3, 0.4) is 0 Å². The first-order chi connectivity index (χ1) is 11.6. The molecule has 9 heteroatoms. The van der Waals surface area contributed by atoms with Gasteiger partial charge in [0.1, 0.15) is 11.0 Å². The fraction of sp³-hybridized carbons (Fsp3) is 0. The Labute approximate surface area is 142 Å². The predicted octanol–water partition coefficient (Wildman–Crippen LogP) is 2.68. The molecule has 0 radical (unpaired) electrons. The summed E-state index contributed by atoms with van der Waals surface area (Å²) in [7, 11) is -3.68. The van der Waals surface area contributed by atoms with Crippen molar-refractivity contribution in [3.63, 3.8) is 0 Å². The van der Waals surface area contributed by atoms with Gasteiger partial charge in [-0.3, -0.25) is 4.72 Å². The fourth-order valence-corrected chi connectivity index (χ4v) is 3.83. The van der Waals surface area contributed by atoms with E-state index in [0.717, 1.165) is 22.9 Å². The zero-order valence-electron chi connectivity index (χ0n) is 12.2. The van der Waals surface area contributed by atoms with E-state index in [-0.39, 0.29) is 4.90 Å². The van der Waals surface area contributed by atoms with E-state index < -0.39 is 10.0 Å². The Morgan fingerprint density at radius 3 is 2.54 bits per heavy atom. The van der Waals surface area contributed by atoms with Crippen LogP contribution in [0.15, 0.2) is 65.8 Å². The summed E-state index contributed by atoms with van der Waals surface area (Å²) < 4.78 is 37.4. The van der Waals surface area contributed by atoms with Crippen LogP contribution in [-0.2, 0) is 10.0 Å². The third-order valence-corrected chi connectivity index (χ3v) is 5.38. The summed E-state index contributed by atoms with van der Waals surface area (Å²) in [5, 5.41) is 4.11. The largest absolute Gasteiger partial charge is 0.280 e. The van der Waals surface area contributed by atoms with Crippen molar-refractivity contribution in [1.29, 1.82) is 0 Å². The number of fused-ring (bicyclic) bond motifs is 1. The van der Waals surface area contributed by atoms with Crippen LogP contribution < -0.4 is 4.72 Å². The molecule has 0 spiro atoms. The highest BCUT2D eigenvalue weighted by Gasteiger charge is 2.15. The number of rotatable bonds is 4. The number of nitrogens with zero attached hydrogens (tertiary/aromatic N) is 4. The minimum absolute atomic E-state index is 0.176. The minimum Gasteiger partial charge on any atom is -0.280 e. The van der Waals surface area contributed by atoms with Crippen LogP contribution in [0.2, 0.25) is 0 Å². The number of sulfonamides is 1. The Kier molecular flexibility index (Phi) is 3.51. The van der Waals surface area contributed by atoms with Gasteiger partial charge in [-0.15, -0.1) is 0 Å². The molecule has 1 N–H and O–H groups in total. The standard InChI is InChI=1S/C15H11N5O2S2/c21-24(22,19-11-2-7-14-15(10-11)18-23-17-14)13-5-3-12(4-6-13)20-9-1-8-16-20/h1-10,19H. The van der Waals surface area contributed by atoms with E-state index in [2.05, 4.69) is 18.6 Å². The number of benzene rings is 2. The second kappa shape index (κ2) is 5.69. The lowest BCUT2D eigenvalue weighted by Gasteiger charge is -2.09. The molecule has 0 saturated heterocycles. The van der Waals surface area contributed by atoms with Crippen LogP contribution in [0.4, 0.5) is 5.69 Å². The molecule has 24 heavy (non-hydrogen) atoms. The molecule has 120 valence electrons. The lowest BCUT2D eigenvalue weighted by molar-refractivity contribution is 0.601. The van der Waals surface area contributed by atoms with E-state index in [4.69, 9.17) is 0 Å². The molecule has 2 heterocycles. The smallest absolute Gasteiger partial charge is 0.261 e. The third-order valence-electron chi connectivity index (χ3n) is 3.42. The molecule has 2 aromatic carbocycles. The van der Waals surface area contributed by atoms with Crippen LogP contribution in [0.25, 0.3) is 16.7 Å². The quantitative estimate of drug-likeness (QED) is 0.606. The molecule has 7 nitrogen and oxygen atoms in total. The molecular weight excluding hydrogens is 346 g/mol. The Morgan fingerprint density at radius 2 is 1.79 bits per heavy atom. The Hall–Kier alpha value is -2.78. The van der Waals surface area contributed by atoms with E-state index in [1.54, 1.807) is 65.6 Å². The first kappa shape index (κ1) is 14.8. The summed E-state index contributed by atoms with van der Waals surface area (Å²) in [5.41, 5.74) is 2.64. The van der Waals surface area contributed by atoms with E-state index in [1.807, 2.05) is 0 Å². The van der Waals surface area contributed by atoms with Gasteiger partial charge in [0.15, 0.2) is 0 Å². The van der Waals surface area contributed by atoms with Crippen LogP contribution in [0.1, 0.15) is 0 Å². The van der Waals surface area contributed by atoms with Gasteiger partial charge >= 0.3 is 0 Å². The number of hydrogen-bond acceptors (Lipinski definition) is 6. The van der Waals surface area contributed by atoms with Gasteiger partial charge in [-0.25, -0.2) is 13.1 Å². The summed E-state index contributed by atoms with van der Waals surface area (Å²) in [5.74, 6) is 0. The van der Waals surface area contributed by atoms with Gasteiger partial charge in [-0.1, -0.05) is 0 Å². The van der Waals surface area contributed by atoms with Crippen molar-refractivity contribution in [1.82, 2.24) is 18.5 Å². The molecule has 0 atom stereocenters. The molecule has 0 aliphatic carbocycles. The number of aromatic nitrogens is 4. The first-order valence-electron chi connectivity index (χ1n) is 6.97. The summed E-state index contributed by atoms with van der Waals surface area (Å²) in [6.07, 6.45) is 3.45.